The highest BCUT2D eigenvalue weighted by molar-refractivity contribution is 5.91. The van der Waals surface area contributed by atoms with Gasteiger partial charge < -0.3 is 14.2 Å². The first-order valence-electron chi connectivity index (χ1n) is 8.89. The van der Waals surface area contributed by atoms with Gasteiger partial charge in [0.15, 0.2) is 0 Å². The van der Waals surface area contributed by atoms with Gasteiger partial charge in [-0.05, 0) is 36.3 Å². The first-order valence-corrected chi connectivity index (χ1v) is 8.89. The van der Waals surface area contributed by atoms with Crippen LogP contribution in [0.2, 0.25) is 0 Å². The first kappa shape index (κ1) is 16.8. The summed E-state index contributed by atoms with van der Waals surface area (Å²) >= 11 is 0. The van der Waals surface area contributed by atoms with Crippen molar-refractivity contribution in [3.05, 3.63) is 23.3 Å². The van der Waals surface area contributed by atoms with Gasteiger partial charge in [0.1, 0.15) is 0 Å². The lowest BCUT2D eigenvalue weighted by Crippen LogP contribution is -2.57. The highest BCUT2D eigenvalue weighted by Gasteiger charge is 2.73. The Hall–Kier alpha value is -1.66. The second-order valence-electron chi connectivity index (χ2n) is 7.53. The van der Waals surface area contributed by atoms with Gasteiger partial charge in [-0.25, -0.2) is 4.79 Å². The summed E-state index contributed by atoms with van der Waals surface area (Å²) < 4.78 is 15.7. The minimum Gasteiger partial charge on any atom is -0.468 e. The molecule has 0 N–H and O–H groups in total. The SMILES string of the molecule is COC(=O)C=C1C2(C(=O)OC)CC2CN2CCC3=CCC(OC)CC312. The van der Waals surface area contributed by atoms with Crippen LogP contribution < -0.4 is 0 Å². The van der Waals surface area contributed by atoms with E-state index in [1.807, 2.05) is 0 Å². The fourth-order valence-corrected chi connectivity index (χ4v) is 5.44. The molecule has 0 aromatic carbocycles. The molecule has 0 radical (unpaired) electrons. The van der Waals surface area contributed by atoms with Gasteiger partial charge in [-0.1, -0.05) is 6.08 Å². The predicted octanol–water partition coefficient (Wildman–Crippen LogP) is 1.46. The smallest absolute Gasteiger partial charge is 0.330 e. The van der Waals surface area contributed by atoms with Crippen molar-refractivity contribution in [2.24, 2.45) is 11.3 Å². The topological polar surface area (TPSA) is 65.1 Å². The third-order valence-electron chi connectivity index (χ3n) is 6.69. The van der Waals surface area contributed by atoms with Crippen molar-refractivity contribution in [2.45, 2.75) is 37.3 Å². The molecule has 4 rings (SSSR count). The van der Waals surface area contributed by atoms with Gasteiger partial charge in [0.2, 0.25) is 0 Å². The van der Waals surface area contributed by atoms with E-state index in [0.29, 0.717) is 0 Å². The van der Waals surface area contributed by atoms with E-state index in [4.69, 9.17) is 14.2 Å². The molecule has 0 amide bonds. The van der Waals surface area contributed by atoms with Crippen molar-refractivity contribution in [1.82, 2.24) is 4.90 Å². The quantitative estimate of drug-likeness (QED) is 0.437. The minimum absolute atomic E-state index is 0.0791. The number of piperidine rings is 1. The second-order valence-corrected chi connectivity index (χ2v) is 7.53. The zero-order chi connectivity index (χ0) is 17.8. The maximum atomic E-state index is 12.7. The highest BCUT2D eigenvalue weighted by Crippen LogP contribution is 2.69. The van der Waals surface area contributed by atoms with Crippen LogP contribution in [-0.2, 0) is 23.8 Å². The van der Waals surface area contributed by atoms with Crippen LogP contribution in [0.1, 0.15) is 25.7 Å². The highest BCUT2D eigenvalue weighted by atomic mass is 16.5. The molecule has 2 heterocycles. The number of hydrogen-bond acceptors (Lipinski definition) is 6. The molecule has 2 aliphatic carbocycles. The molecule has 4 unspecified atom stereocenters. The molecular weight excluding hydrogens is 322 g/mol. The van der Waals surface area contributed by atoms with Gasteiger partial charge in [-0.15, -0.1) is 0 Å². The third-order valence-corrected chi connectivity index (χ3v) is 6.69. The lowest BCUT2D eigenvalue weighted by molar-refractivity contribution is -0.147. The minimum atomic E-state index is -0.682. The predicted molar refractivity (Wildman–Crippen MR) is 89.7 cm³/mol. The van der Waals surface area contributed by atoms with Gasteiger partial charge in [0.25, 0.3) is 0 Å². The van der Waals surface area contributed by atoms with E-state index < -0.39 is 16.9 Å². The lowest BCUT2D eigenvalue weighted by Gasteiger charge is -2.50. The summed E-state index contributed by atoms with van der Waals surface area (Å²) in [5.74, 6) is -0.429. The number of methoxy groups -OCH3 is 3. The van der Waals surface area contributed by atoms with Crippen LogP contribution in [0.3, 0.4) is 0 Å². The Balaban J connectivity index is 1.89. The number of ether oxygens (including phenoxy) is 3. The maximum Gasteiger partial charge on any atom is 0.330 e. The molecule has 0 aromatic heterocycles. The standard InChI is InChI=1S/C19H25NO5/c1-23-14-5-4-12-6-7-20-11-13-9-18(13,17(22)25-3)15(8-16(21)24-2)19(12,20)10-14/h4,8,13-14H,5-7,9-11H2,1-3H3. The Morgan fingerprint density at radius 2 is 2.04 bits per heavy atom. The van der Waals surface area contributed by atoms with E-state index in [1.54, 1.807) is 13.2 Å². The Kier molecular flexibility index (Phi) is 3.81. The van der Waals surface area contributed by atoms with Crippen LogP contribution in [-0.4, -0.2) is 62.9 Å². The van der Waals surface area contributed by atoms with Gasteiger partial charge in [0.05, 0.1) is 31.3 Å². The van der Waals surface area contributed by atoms with E-state index >= 15 is 0 Å². The summed E-state index contributed by atoms with van der Waals surface area (Å²) in [4.78, 5) is 27.4. The maximum absolute atomic E-state index is 12.7. The average Bonchev–Trinajstić information content (AvgIpc) is 3.26. The molecule has 3 fully saturated rings. The third kappa shape index (κ3) is 2.10. The molecule has 25 heavy (non-hydrogen) atoms. The molecule has 1 spiro atoms. The molecule has 1 saturated carbocycles. The zero-order valence-corrected chi connectivity index (χ0v) is 15.0. The summed E-state index contributed by atoms with van der Waals surface area (Å²) in [7, 11) is 4.52. The van der Waals surface area contributed by atoms with Crippen molar-refractivity contribution < 1.29 is 23.8 Å². The van der Waals surface area contributed by atoms with E-state index in [9.17, 15) is 9.59 Å². The molecule has 0 aromatic rings. The van der Waals surface area contributed by atoms with E-state index in [-0.39, 0.29) is 18.0 Å². The first-order chi connectivity index (χ1) is 12.0. The molecule has 0 bridgehead atoms. The summed E-state index contributed by atoms with van der Waals surface area (Å²) in [5, 5.41) is 0. The summed E-state index contributed by atoms with van der Waals surface area (Å²) in [6.07, 6.45) is 7.24. The Labute approximate surface area is 147 Å². The van der Waals surface area contributed by atoms with E-state index in [0.717, 1.165) is 44.3 Å². The fraction of sp³-hybridized carbons (Fsp3) is 0.684. The van der Waals surface area contributed by atoms with Crippen molar-refractivity contribution in [2.75, 3.05) is 34.4 Å². The summed E-state index contributed by atoms with van der Waals surface area (Å²) in [6, 6.07) is 0. The number of hydrogen-bond donors (Lipinski definition) is 0. The van der Waals surface area contributed by atoms with Gasteiger partial charge in [-0.2, -0.15) is 0 Å². The molecule has 2 aliphatic heterocycles. The Morgan fingerprint density at radius 3 is 2.72 bits per heavy atom. The normalized spacial score (nSPS) is 40.6. The van der Waals surface area contributed by atoms with Crippen LogP contribution in [0.15, 0.2) is 23.3 Å². The molecule has 4 atom stereocenters. The molecule has 2 saturated heterocycles. The number of rotatable bonds is 3. The monoisotopic (exact) mass is 347 g/mol. The molecule has 4 aliphatic rings. The Morgan fingerprint density at radius 1 is 1.24 bits per heavy atom. The largest absolute Gasteiger partial charge is 0.468 e. The zero-order valence-electron chi connectivity index (χ0n) is 15.0. The molecule has 6 heteroatoms. The van der Waals surface area contributed by atoms with Crippen molar-refractivity contribution >= 4 is 11.9 Å². The van der Waals surface area contributed by atoms with Crippen LogP contribution in [0.25, 0.3) is 0 Å². The number of nitrogens with zero attached hydrogens (tertiary/aromatic N) is 1. The number of carbonyl (C=O) groups excluding carboxylic acids is 2. The molecule has 136 valence electrons. The van der Waals surface area contributed by atoms with E-state index in [2.05, 4.69) is 11.0 Å². The molecule has 6 nitrogen and oxygen atoms in total. The number of fused-ring (bicyclic) bond motifs is 1. The van der Waals surface area contributed by atoms with Crippen LogP contribution >= 0.6 is 0 Å². The number of esters is 2. The van der Waals surface area contributed by atoms with Crippen molar-refractivity contribution in [3.63, 3.8) is 0 Å². The lowest BCUT2D eigenvalue weighted by atomic mass is 9.66. The van der Waals surface area contributed by atoms with Gasteiger partial charge in [-0.3, -0.25) is 9.69 Å². The van der Waals surface area contributed by atoms with Gasteiger partial charge >= 0.3 is 11.9 Å². The summed E-state index contributed by atoms with van der Waals surface area (Å²) in [6.45, 7) is 1.82. The average molecular weight is 347 g/mol. The van der Waals surface area contributed by atoms with Crippen LogP contribution in [0.4, 0.5) is 0 Å². The van der Waals surface area contributed by atoms with Crippen LogP contribution in [0.5, 0.6) is 0 Å². The Bertz CT molecular complexity index is 683. The molecular formula is C19H25NO5. The van der Waals surface area contributed by atoms with Gasteiger partial charge in [0, 0.05) is 32.7 Å². The fourth-order valence-electron chi connectivity index (χ4n) is 5.44. The van der Waals surface area contributed by atoms with Crippen LogP contribution in [0, 0.1) is 11.3 Å². The van der Waals surface area contributed by atoms with Crippen molar-refractivity contribution in [1.29, 1.82) is 0 Å². The van der Waals surface area contributed by atoms with E-state index in [1.165, 1.54) is 19.8 Å². The number of carbonyl (C=O) groups is 2. The van der Waals surface area contributed by atoms with Crippen molar-refractivity contribution in [3.8, 4) is 0 Å². The summed E-state index contributed by atoms with van der Waals surface area (Å²) in [5.41, 5.74) is 1.08. The second kappa shape index (κ2) is 5.68.